The smallest absolute Gasteiger partial charge is 0.203 e. The molecule has 2 aliphatic rings. The zero-order chi connectivity index (χ0) is 16.8. The van der Waals surface area contributed by atoms with E-state index in [0.29, 0.717) is 12.1 Å². The second-order valence-corrected chi connectivity index (χ2v) is 9.25. The molecular formula is C18H21N4S3+. The molecule has 1 aliphatic heterocycles. The predicted molar refractivity (Wildman–Crippen MR) is 105 cm³/mol. The lowest BCUT2D eigenvalue weighted by Crippen LogP contribution is -3.09. The summed E-state index contributed by atoms with van der Waals surface area (Å²) >= 11 is 9.46. The van der Waals surface area contributed by atoms with Crippen LogP contribution in [0.25, 0.3) is 10.7 Å². The van der Waals surface area contributed by atoms with Gasteiger partial charge in [0, 0.05) is 18.9 Å². The van der Waals surface area contributed by atoms with Crippen LogP contribution in [-0.4, -0.2) is 20.9 Å². The van der Waals surface area contributed by atoms with Crippen molar-refractivity contribution in [1.82, 2.24) is 14.3 Å². The van der Waals surface area contributed by atoms with Crippen LogP contribution in [0.4, 0.5) is 0 Å². The highest BCUT2D eigenvalue weighted by Gasteiger charge is 2.33. The van der Waals surface area contributed by atoms with Gasteiger partial charge in [-0.25, -0.2) is 0 Å². The Balaban J connectivity index is 1.48. The Morgan fingerprint density at radius 1 is 1.16 bits per heavy atom. The van der Waals surface area contributed by atoms with Crippen LogP contribution in [0.2, 0.25) is 0 Å². The molecule has 1 unspecified atom stereocenters. The van der Waals surface area contributed by atoms with Crippen molar-refractivity contribution in [3.8, 4) is 10.7 Å². The molecule has 3 aromatic heterocycles. The van der Waals surface area contributed by atoms with Crippen molar-refractivity contribution in [2.24, 2.45) is 0 Å². The summed E-state index contributed by atoms with van der Waals surface area (Å²) in [6.45, 7) is 2.08. The van der Waals surface area contributed by atoms with E-state index in [-0.39, 0.29) is 0 Å². The van der Waals surface area contributed by atoms with E-state index < -0.39 is 0 Å². The molecule has 5 rings (SSSR count). The largest absolute Gasteiger partial charge is 0.309 e. The summed E-state index contributed by atoms with van der Waals surface area (Å²) < 4.78 is 5.29. The molecule has 1 saturated heterocycles. The van der Waals surface area contributed by atoms with Gasteiger partial charge < -0.3 is 4.90 Å². The van der Waals surface area contributed by atoms with Crippen molar-refractivity contribution in [2.45, 2.75) is 44.4 Å². The first-order valence-electron chi connectivity index (χ1n) is 8.92. The number of thiophene rings is 2. The molecule has 1 N–H and O–H groups in total. The number of likely N-dealkylation sites (tertiary alicyclic amines) is 1. The van der Waals surface area contributed by atoms with Gasteiger partial charge in [0.05, 0.1) is 16.3 Å². The van der Waals surface area contributed by atoms with Crippen LogP contribution >= 0.6 is 34.9 Å². The van der Waals surface area contributed by atoms with E-state index >= 15 is 0 Å². The first kappa shape index (κ1) is 15.9. The number of nitrogens with zero attached hydrogens (tertiary/aromatic N) is 3. The van der Waals surface area contributed by atoms with Crippen LogP contribution in [0.15, 0.2) is 35.0 Å². The topological polar surface area (TPSA) is 27.2 Å². The Hall–Kier alpha value is -1.28. The lowest BCUT2D eigenvalue weighted by atomic mass is 10.2. The van der Waals surface area contributed by atoms with Crippen molar-refractivity contribution in [1.29, 1.82) is 0 Å². The quantitative estimate of drug-likeness (QED) is 0.670. The second-order valence-electron chi connectivity index (χ2n) is 6.96. The van der Waals surface area contributed by atoms with E-state index in [0.717, 1.165) is 17.3 Å². The highest BCUT2D eigenvalue weighted by atomic mass is 32.1. The van der Waals surface area contributed by atoms with Gasteiger partial charge in [0.2, 0.25) is 4.77 Å². The molecule has 2 atom stereocenters. The van der Waals surface area contributed by atoms with E-state index in [1.807, 2.05) is 11.3 Å². The van der Waals surface area contributed by atoms with Crippen LogP contribution in [0.5, 0.6) is 0 Å². The predicted octanol–water partition coefficient (Wildman–Crippen LogP) is 3.92. The number of aromatic nitrogens is 3. The maximum absolute atomic E-state index is 5.83. The van der Waals surface area contributed by atoms with Crippen molar-refractivity contribution >= 4 is 34.9 Å². The summed E-state index contributed by atoms with van der Waals surface area (Å²) in [6, 6.07) is 9.84. The monoisotopic (exact) mass is 389 g/mol. The van der Waals surface area contributed by atoms with Gasteiger partial charge in [-0.3, -0.25) is 4.57 Å². The molecule has 4 heterocycles. The molecule has 0 amide bonds. The number of nitrogens with one attached hydrogen (secondary N) is 1. The SMILES string of the molecule is S=c1n(C[NH+]2CCC[C@@H]2c2cccs2)nc(-c2cccs2)n1C1CC1. The number of hydrogen-bond donors (Lipinski definition) is 1. The van der Waals surface area contributed by atoms with Gasteiger partial charge in [0.25, 0.3) is 0 Å². The molecule has 0 aromatic carbocycles. The lowest BCUT2D eigenvalue weighted by molar-refractivity contribution is -0.941. The van der Waals surface area contributed by atoms with E-state index in [9.17, 15) is 0 Å². The van der Waals surface area contributed by atoms with Gasteiger partial charge in [0.1, 0.15) is 6.04 Å². The zero-order valence-corrected chi connectivity index (χ0v) is 16.4. The molecule has 25 heavy (non-hydrogen) atoms. The maximum Gasteiger partial charge on any atom is 0.203 e. The van der Waals surface area contributed by atoms with Crippen LogP contribution < -0.4 is 4.90 Å². The fraction of sp³-hybridized carbons (Fsp3) is 0.444. The van der Waals surface area contributed by atoms with E-state index in [4.69, 9.17) is 17.3 Å². The minimum absolute atomic E-state index is 0.556. The Morgan fingerprint density at radius 2 is 2.00 bits per heavy atom. The third kappa shape index (κ3) is 2.93. The standard InChI is InChI=1S/C18H20N4S3/c23-18-21(12-20-9-1-4-14(20)15-5-2-10-24-15)19-17(16-6-3-11-25-16)22(18)13-7-8-13/h2-3,5-6,10-11,13-14H,1,4,7-9,12H2/p+1/t14-/m1/s1. The normalized spacial score (nSPS) is 23.4. The molecule has 4 nitrogen and oxygen atoms in total. The molecule has 130 valence electrons. The number of hydrogen-bond acceptors (Lipinski definition) is 4. The van der Waals surface area contributed by atoms with Crippen molar-refractivity contribution < 1.29 is 4.90 Å². The van der Waals surface area contributed by atoms with Crippen LogP contribution in [0, 0.1) is 4.77 Å². The molecule has 3 aromatic rings. The van der Waals surface area contributed by atoms with Crippen LogP contribution in [0.3, 0.4) is 0 Å². The molecule has 0 bridgehead atoms. The molecule has 1 aliphatic carbocycles. The summed E-state index contributed by atoms with van der Waals surface area (Å²) in [5.41, 5.74) is 0. The fourth-order valence-electron chi connectivity index (χ4n) is 3.89. The summed E-state index contributed by atoms with van der Waals surface area (Å²) in [7, 11) is 0. The number of rotatable bonds is 5. The molecule has 0 radical (unpaired) electrons. The average Bonchev–Trinajstić information content (AvgIpc) is 3.11. The zero-order valence-electron chi connectivity index (χ0n) is 13.9. The summed E-state index contributed by atoms with van der Waals surface area (Å²) in [5, 5.41) is 9.27. The maximum atomic E-state index is 5.83. The highest BCUT2D eigenvalue weighted by Crippen LogP contribution is 2.39. The Labute approximate surface area is 160 Å². The van der Waals surface area contributed by atoms with Gasteiger partial charge in [-0.15, -0.1) is 27.8 Å². The lowest BCUT2D eigenvalue weighted by Gasteiger charge is -2.20. The summed E-state index contributed by atoms with van der Waals surface area (Å²) in [6.07, 6.45) is 5.01. The third-order valence-electron chi connectivity index (χ3n) is 5.25. The van der Waals surface area contributed by atoms with Gasteiger partial charge in [-0.05, 0) is 48.0 Å². The average molecular weight is 390 g/mol. The van der Waals surface area contributed by atoms with Crippen LogP contribution in [0.1, 0.15) is 42.6 Å². The van der Waals surface area contributed by atoms with Crippen molar-refractivity contribution in [3.63, 3.8) is 0 Å². The van der Waals surface area contributed by atoms with Gasteiger partial charge >= 0.3 is 0 Å². The molecule has 2 fully saturated rings. The van der Waals surface area contributed by atoms with E-state index in [1.54, 1.807) is 16.2 Å². The number of quaternary nitrogens is 1. The second kappa shape index (κ2) is 6.46. The summed E-state index contributed by atoms with van der Waals surface area (Å²) in [4.78, 5) is 4.32. The van der Waals surface area contributed by atoms with Crippen LogP contribution in [-0.2, 0) is 6.67 Å². The molecular weight excluding hydrogens is 368 g/mol. The van der Waals surface area contributed by atoms with E-state index in [1.165, 1.54) is 42.0 Å². The fourth-order valence-corrected chi connectivity index (χ4v) is 5.85. The Bertz CT molecular complexity index is 903. The minimum Gasteiger partial charge on any atom is -0.309 e. The first-order valence-corrected chi connectivity index (χ1v) is 11.1. The molecule has 7 heteroatoms. The summed E-state index contributed by atoms with van der Waals surface area (Å²) in [5.74, 6) is 1.06. The molecule has 1 saturated carbocycles. The Morgan fingerprint density at radius 3 is 2.72 bits per heavy atom. The van der Waals surface area contributed by atoms with Gasteiger partial charge in [0.15, 0.2) is 12.5 Å². The highest BCUT2D eigenvalue weighted by molar-refractivity contribution is 7.71. The first-order chi connectivity index (χ1) is 12.3. The van der Waals surface area contributed by atoms with Crippen molar-refractivity contribution in [2.75, 3.05) is 6.54 Å². The Kier molecular flexibility index (Phi) is 4.12. The van der Waals surface area contributed by atoms with Gasteiger partial charge in [-0.2, -0.15) is 4.68 Å². The third-order valence-corrected chi connectivity index (χ3v) is 7.51. The van der Waals surface area contributed by atoms with E-state index in [2.05, 4.69) is 44.3 Å². The minimum atomic E-state index is 0.556. The van der Waals surface area contributed by atoms with Gasteiger partial charge in [-0.1, -0.05) is 12.1 Å². The van der Waals surface area contributed by atoms with Crippen molar-refractivity contribution in [3.05, 3.63) is 44.7 Å². The molecule has 0 spiro atoms.